The first-order valence-corrected chi connectivity index (χ1v) is 11.4. The van der Waals surface area contributed by atoms with E-state index in [-0.39, 0.29) is 17.1 Å². The van der Waals surface area contributed by atoms with Crippen molar-refractivity contribution in [1.29, 1.82) is 0 Å². The van der Waals surface area contributed by atoms with Crippen LogP contribution in [0.5, 0.6) is 0 Å². The number of rotatable bonds is 9. The van der Waals surface area contributed by atoms with E-state index in [1.165, 1.54) is 12.1 Å². The van der Waals surface area contributed by atoms with Crippen molar-refractivity contribution in [3.05, 3.63) is 59.4 Å². The fourth-order valence-corrected chi connectivity index (χ4v) is 4.34. The Labute approximate surface area is 176 Å². The van der Waals surface area contributed by atoms with E-state index in [1.54, 1.807) is 6.92 Å². The summed E-state index contributed by atoms with van der Waals surface area (Å²) in [5, 5.41) is 2.58. The van der Waals surface area contributed by atoms with Gasteiger partial charge in [0, 0.05) is 25.8 Å². The summed E-state index contributed by atoms with van der Waals surface area (Å²) < 4.78 is 39.3. The summed E-state index contributed by atoms with van der Waals surface area (Å²) in [6, 6.07) is 12.3. The molecule has 1 atom stereocenters. The Morgan fingerprint density at radius 2 is 1.83 bits per heavy atom. The molecule has 2 aromatic carbocycles. The molecular formula is C20H25ClFN3O3S. The number of anilines is 2. The molecule has 0 fully saturated rings. The van der Waals surface area contributed by atoms with Crippen molar-refractivity contribution in [2.24, 2.45) is 0 Å². The lowest BCUT2D eigenvalue weighted by molar-refractivity contribution is -0.122. The summed E-state index contributed by atoms with van der Waals surface area (Å²) in [4.78, 5) is 14.7. The highest BCUT2D eigenvalue weighted by Gasteiger charge is 2.31. The van der Waals surface area contributed by atoms with Crippen molar-refractivity contribution in [2.75, 3.05) is 35.6 Å². The first kappa shape index (κ1) is 23.0. The van der Waals surface area contributed by atoms with Gasteiger partial charge in [0.05, 0.1) is 17.0 Å². The van der Waals surface area contributed by atoms with Gasteiger partial charge in [0.2, 0.25) is 15.9 Å². The molecule has 0 aromatic heterocycles. The fourth-order valence-electron chi connectivity index (χ4n) is 2.96. The molecule has 0 bridgehead atoms. The van der Waals surface area contributed by atoms with Crippen molar-refractivity contribution in [1.82, 2.24) is 5.32 Å². The molecular weight excluding hydrogens is 417 g/mol. The molecule has 0 unspecified atom stereocenters. The van der Waals surface area contributed by atoms with Crippen LogP contribution in [0, 0.1) is 5.82 Å². The molecule has 29 heavy (non-hydrogen) atoms. The average molecular weight is 442 g/mol. The molecule has 0 aliphatic heterocycles. The molecule has 0 aliphatic carbocycles. The predicted molar refractivity (Wildman–Crippen MR) is 116 cm³/mol. The van der Waals surface area contributed by atoms with Gasteiger partial charge in [-0.1, -0.05) is 36.7 Å². The third kappa shape index (κ3) is 6.08. The van der Waals surface area contributed by atoms with Crippen LogP contribution in [0.25, 0.3) is 0 Å². The third-order valence-electron chi connectivity index (χ3n) is 4.43. The van der Waals surface area contributed by atoms with E-state index in [1.807, 2.05) is 42.3 Å². The number of hydrogen-bond donors (Lipinski definition) is 1. The van der Waals surface area contributed by atoms with Crippen molar-refractivity contribution in [2.45, 2.75) is 19.4 Å². The van der Waals surface area contributed by atoms with Gasteiger partial charge in [-0.25, -0.2) is 12.8 Å². The van der Waals surface area contributed by atoms with Crippen LogP contribution in [0.4, 0.5) is 15.8 Å². The quantitative estimate of drug-likeness (QED) is 0.648. The maximum absolute atomic E-state index is 13.5. The number of sulfonamides is 1. The maximum Gasteiger partial charge on any atom is 0.243 e. The molecule has 1 amide bonds. The van der Waals surface area contributed by atoms with Crippen molar-refractivity contribution in [3.8, 4) is 0 Å². The van der Waals surface area contributed by atoms with Gasteiger partial charge in [-0.15, -0.1) is 0 Å². The Hall–Kier alpha value is -2.32. The second-order valence-corrected chi connectivity index (χ2v) is 8.90. The summed E-state index contributed by atoms with van der Waals surface area (Å²) in [5.41, 5.74) is 1.15. The Bertz CT molecular complexity index is 941. The number of halogens is 2. The zero-order valence-corrected chi connectivity index (χ0v) is 18.2. The molecule has 0 heterocycles. The van der Waals surface area contributed by atoms with E-state index in [9.17, 15) is 17.6 Å². The van der Waals surface area contributed by atoms with E-state index in [2.05, 4.69) is 5.32 Å². The summed E-state index contributed by atoms with van der Waals surface area (Å²) in [6.07, 6.45) is 1.24. The minimum atomic E-state index is -3.81. The predicted octanol–water partition coefficient (Wildman–Crippen LogP) is 3.28. The SMILES string of the molecule is CC[C@H](C(=O)NCCN(C)c1ccccc1)N(c1ccc(F)c(Cl)c1)S(C)(=O)=O. The summed E-state index contributed by atoms with van der Waals surface area (Å²) >= 11 is 5.81. The van der Waals surface area contributed by atoms with Crippen LogP contribution in [-0.2, 0) is 14.8 Å². The lowest BCUT2D eigenvalue weighted by atomic mass is 10.2. The van der Waals surface area contributed by atoms with Gasteiger partial charge in [-0.05, 0) is 36.8 Å². The van der Waals surface area contributed by atoms with Crippen LogP contribution < -0.4 is 14.5 Å². The van der Waals surface area contributed by atoms with Crippen LogP contribution in [0.1, 0.15) is 13.3 Å². The van der Waals surface area contributed by atoms with Crippen LogP contribution in [0.15, 0.2) is 48.5 Å². The Morgan fingerprint density at radius 1 is 1.17 bits per heavy atom. The van der Waals surface area contributed by atoms with Gasteiger partial charge < -0.3 is 10.2 Å². The zero-order chi connectivity index (χ0) is 21.6. The number of carbonyl (C=O) groups is 1. The second kappa shape index (κ2) is 9.93. The number of benzene rings is 2. The number of likely N-dealkylation sites (N-methyl/N-ethyl adjacent to an activating group) is 1. The van der Waals surface area contributed by atoms with Crippen molar-refractivity contribution >= 4 is 38.9 Å². The molecule has 0 aliphatic rings. The van der Waals surface area contributed by atoms with Crippen molar-refractivity contribution < 1.29 is 17.6 Å². The lowest BCUT2D eigenvalue weighted by Gasteiger charge is -2.30. The number of amides is 1. The van der Waals surface area contributed by atoms with Gasteiger partial charge in [0.25, 0.3) is 0 Å². The Kier molecular flexibility index (Phi) is 7.87. The number of nitrogens with one attached hydrogen (secondary N) is 1. The average Bonchev–Trinajstić information content (AvgIpc) is 2.67. The molecule has 2 aromatic rings. The van der Waals surface area contributed by atoms with E-state index < -0.39 is 27.8 Å². The monoisotopic (exact) mass is 441 g/mol. The summed E-state index contributed by atoms with van der Waals surface area (Å²) in [6.45, 7) is 2.60. The minimum Gasteiger partial charge on any atom is -0.373 e. The lowest BCUT2D eigenvalue weighted by Crippen LogP contribution is -2.50. The first-order chi connectivity index (χ1) is 13.6. The highest BCUT2D eigenvalue weighted by atomic mass is 35.5. The first-order valence-electron chi connectivity index (χ1n) is 9.13. The third-order valence-corrected chi connectivity index (χ3v) is 5.90. The van der Waals surface area contributed by atoms with E-state index in [4.69, 9.17) is 11.6 Å². The van der Waals surface area contributed by atoms with Gasteiger partial charge in [0.1, 0.15) is 11.9 Å². The summed E-state index contributed by atoms with van der Waals surface area (Å²) in [7, 11) is -1.90. The molecule has 0 spiro atoms. The van der Waals surface area contributed by atoms with Crippen LogP contribution in [-0.4, -0.2) is 46.8 Å². The molecule has 1 N–H and O–H groups in total. The van der Waals surface area contributed by atoms with E-state index >= 15 is 0 Å². The van der Waals surface area contributed by atoms with Gasteiger partial charge >= 0.3 is 0 Å². The molecule has 0 saturated heterocycles. The normalized spacial score (nSPS) is 12.3. The van der Waals surface area contributed by atoms with Gasteiger partial charge in [-0.3, -0.25) is 9.10 Å². The number of carbonyl (C=O) groups excluding carboxylic acids is 1. The zero-order valence-electron chi connectivity index (χ0n) is 16.6. The number of nitrogens with zero attached hydrogens (tertiary/aromatic N) is 2. The second-order valence-electron chi connectivity index (χ2n) is 6.63. The highest BCUT2D eigenvalue weighted by molar-refractivity contribution is 7.92. The van der Waals surface area contributed by atoms with Crippen molar-refractivity contribution in [3.63, 3.8) is 0 Å². The molecule has 2 rings (SSSR count). The molecule has 9 heteroatoms. The molecule has 6 nitrogen and oxygen atoms in total. The van der Waals surface area contributed by atoms with E-state index in [0.717, 1.165) is 22.3 Å². The van der Waals surface area contributed by atoms with Gasteiger partial charge in [-0.2, -0.15) is 0 Å². The molecule has 158 valence electrons. The number of para-hydroxylation sites is 1. The smallest absolute Gasteiger partial charge is 0.243 e. The standard InChI is InChI=1S/C20H25ClFN3O3S/c1-4-19(20(26)23-12-13-24(2)15-8-6-5-7-9-15)25(29(3,27)28)16-10-11-18(22)17(21)14-16/h5-11,14,19H,4,12-13H2,1-3H3,(H,23,26)/t19-/m1/s1. The van der Waals surface area contributed by atoms with Crippen LogP contribution >= 0.6 is 11.6 Å². The highest BCUT2D eigenvalue weighted by Crippen LogP contribution is 2.27. The fraction of sp³-hybridized carbons (Fsp3) is 0.350. The van der Waals surface area contributed by atoms with Crippen LogP contribution in [0.3, 0.4) is 0 Å². The number of hydrogen-bond acceptors (Lipinski definition) is 4. The van der Waals surface area contributed by atoms with E-state index in [0.29, 0.717) is 13.1 Å². The minimum absolute atomic E-state index is 0.141. The topological polar surface area (TPSA) is 69.7 Å². The van der Waals surface area contributed by atoms with Crippen LogP contribution in [0.2, 0.25) is 5.02 Å². The largest absolute Gasteiger partial charge is 0.373 e. The Morgan fingerprint density at radius 3 is 2.38 bits per heavy atom. The molecule has 0 saturated carbocycles. The molecule has 0 radical (unpaired) electrons. The summed E-state index contributed by atoms with van der Waals surface area (Å²) in [5.74, 6) is -1.09. The Balaban J connectivity index is 2.13. The van der Waals surface area contributed by atoms with Gasteiger partial charge in [0.15, 0.2) is 0 Å². The maximum atomic E-state index is 13.5.